The van der Waals surface area contributed by atoms with Gasteiger partial charge in [0.1, 0.15) is 5.82 Å². The van der Waals surface area contributed by atoms with Crippen molar-refractivity contribution in [2.45, 2.75) is 26.3 Å². The second kappa shape index (κ2) is 7.00. The van der Waals surface area contributed by atoms with E-state index in [1.165, 1.54) is 5.56 Å². The fourth-order valence-corrected chi connectivity index (χ4v) is 2.59. The van der Waals surface area contributed by atoms with E-state index in [4.69, 9.17) is 0 Å². The van der Waals surface area contributed by atoms with Gasteiger partial charge in [0.2, 0.25) is 0 Å². The topological polar surface area (TPSA) is 12.0 Å². The number of rotatable bonds is 5. The van der Waals surface area contributed by atoms with Gasteiger partial charge in [-0.3, -0.25) is 0 Å². The van der Waals surface area contributed by atoms with Gasteiger partial charge in [-0.25, -0.2) is 4.39 Å². The highest BCUT2D eigenvalue weighted by Crippen LogP contribution is 2.23. The Balaban J connectivity index is 2.26. The highest BCUT2D eigenvalue weighted by Gasteiger charge is 2.15. The van der Waals surface area contributed by atoms with Crippen molar-refractivity contribution in [3.8, 4) is 0 Å². The summed E-state index contributed by atoms with van der Waals surface area (Å²) >= 11 is 3.43. The Bertz CT molecular complexity index is 566. The van der Waals surface area contributed by atoms with Crippen molar-refractivity contribution in [3.05, 3.63) is 69.4 Å². The average molecular weight is 336 g/mol. The fourth-order valence-electron chi connectivity index (χ4n) is 2.32. The Hall–Kier alpha value is -1.19. The molecule has 20 heavy (non-hydrogen) atoms. The molecule has 0 fully saturated rings. The molecule has 0 heterocycles. The molecular weight excluding hydrogens is 317 g/mol. The zero-order valence-electron chi connectivity index (χ0n) is 11.8. The quantitative estimate of drug-likeness (QED) is 0.828. The maximum atomic E-state index is 14.1. The molecular formula is C17H19BrFN. The van der Waals surface area contributed by atoms with Gasteiger partial charge >= 0.3 is 0 Å². The number of hydrogen-bond donors (Lipinski definition) is 1. The first kappa shape index (κ1) is 15.2. The van der Waals surface area contributed by atoms with Gasteiger partial charge in [-0.1, -0.05) is 52.7 Å². The normalized spacial score (nSPS) is 12.4. The molecule has 3 heteroatoms. The van der Waals surface area contributed by atoms with Crippen molar-refractivity contribution >= 4 is 15.9 Å². The predicted octanol–water partition coefficient (Wildman–Crippen LogP) is 4.79. The second-order valence-corrected chi connectivity index (χ2v) is 5.88. The first-order chi connectivity index (χ1) is 9.60. The molecule has 0 saturated heterocycles. The fraction of sp³-hybridized carbons (Fsp3) is 0.294. The lowest BCUT2D eigenvalue weighted by molar-refractivity contribution is 0.509. The van der Waals surface area contributed by atoms with Gasteiger partial charge in [-0.2, -0.15) is 0 Å². The highest BCUT2D eigenvalue weighted by molar-refractivity contribution is 9.10. The van der Waals surface area contributed by atoms with E-state index in [0.29, 0.717) is 0 Å². The molecule has 0 radical (unpaired) electrons. The van der Waals surface area contributed by atoms with Gasteiger partial charge in [-0.05, 0) is 43.7 Å². The predicted molar refractivity (Wildman–Crippen MR) is 85.4 cm³/mol. The lowest BCUT2D eigenvalue weighted by atomic mass is 9.97. The lowest BCUT2D eigenvalue weighted by Crippen LogP contribution is -2.24. The van der Waals surface area contributed by atoms with Crippen LogP contribution in [0.1, 0.15) is 29.7 Å². The molecule has 0 aliphatic carbocycles. The van der Waals surface area contributed by atoms with E-state index in [0.717, 1.165) is 28.6 Å². The van der Waals surface area contributed by atoms with Crippen LogP contribution < -0.4 is 5.32 Å². The van der Waals surface area contributed by atoms with Crippen LogP contribution >= 0.6 is 15.9 Å². The van der Waals surface area contributed by atoms with Crippen molar-refractivity contribution in [3.63, 3.8) is 0 Å². The molecule has 0 spiro atoms. The van der Waals surface area contributed by atoms with Gasteiger partial charge in [0.25, 0.3) is 0 Å². The SMILES string of the molecule is CCNC(Cc1ccc(Br)cc1)c1cc(C)ccc1F. The van der Waals surface area contributed by atoms with E-state index < -0.39 is 0 Å². The largest absolute Gasteiger partial charge is 0.310 e. The van der Waals surface area contributed by atoms with Crippen LogP contribution in [0.5, 0.6) is 0 Å². The Morgan fingerprint density at radius 3 is 2.50 bits per heavy atom. The highest BCUT2D eigenvalue weighted by atomic mass is 79.9. The Kier molecular flexibility index (Phi) is 5.32. The number of hydrogen-bond acceptors (Lipinski definition) is 1. The molecule has 2 rings (SSSR count). The van der Waals surface area contributed by atoms with E-state index in [9.17, 15) is 4.39 Å². The minimum Gasteiger partial charge on any atom is -0.310 e. The van der Waals surface area contributed by atoms with Crippen LogP contribution in [0, 0.1) is 12.7 Å². The molecule has 106 valence electrons. The monoisotopic (exact) mass is 335 g/mol. The molecule has 0 aliphatic heterocycles. The summed E-state index contributed by atoms with van der Waals surface area (Å²) in [4.78, 5) is 0. The summed E-state index contributed by atoms with van der Waals surface area (Å²) < 4.78 is 15.1. The molecule has 1 nitrogen and oxygen atoms in total. The van der Waals surface area contributed by atoms with Crippen LogP contribution in [0.2, 0.25) is 0 Å². The van der Waals surface area contributed by atoms with Crippen molar-refractivity contribution in [1.29, 1.82) is 0 Å². The summed E-state index contributed by atoms with van der Waals surface area (Å²) in [6.07, 6.45) is 0.779. The Morgan fingerprint density at radius 1 is 1.15 bits per heavy atom. The van der Waals surface area contributed by atoms with Crippen molar-refractivity contribution < 1.29 is 4.39 Å². The maximum absolute atomic E-state index is 14.1. The van der Waals surface area contributed by atoms with Crippen LogP contribution in [0.3, 0.4) is 0 Å². The first-order valence-corrected chi connectivity index (χ1v) is 7.63. The molecule has 0 aliphatic rings. The maximum Gasteiger partial charge on any atom is 0.128 e. The minimum absolute atomic E-state index is 0.000996. The summed E-state index contributed by atoms with van der Waals surface area (Å²) in [5.74, 6) is -0.140. The third kappa shape index (κ3) is 3.90. The van der Waals surface area contributed by atoms with E-state index >= 15 is 0 Å². The van der Waals surface area contributed by atoms with Gasteiger partial charge in [-0.15, -0.1) is 0 Å². The van der Waals surface area contributed by atoms with Gasteiger partial charge in [0.15, 0.2) is 0 Å². The number of nitrogens with one attached hydrogen (secondary N) is 1. The Labute approximate surface area is 128 Å². The molecule has 0 bridgehead atoms. The van der Waals surface area contributed by atoms with E-state index in [-0.39, 0.29) is 11.9 Å². The molecule has 0 amide bonds. The van der Waals surface area contributed by atoms with Gasteiger partial charge in [0.05, 0.1) is 0 Å². The Morgan fingerprint density at radius 2 is 1.85 bits per heavy atom. The number of benzene rings is 2. The number of aryl methyl sites for hydroxylation is 1. The van der Waals surface area contributed by atoms with Crippen molar-refractivity contribution in [1.82, 2.24) is 5.32 Å². The van der Waals surface area contributed by atoms with Crippen LogP contribution in [0.15, 0.2) is 46.9 Å². The van der Waals surface area contributed by atoms with Crippen LogP contribution in [0.25, 0.3) is 0 Å². The van der Waals surface area contributed by atoms with E-state index in [1.807, 2.05) is 38.1 Å². The summed E-state index contributed by atoms with van der Waals surface area (Å²) in [6, 6.07) is 13.5. The van der Waals surface area contributed by atoms with Crippen molar-refractivity contribution in [2.75, 3.05) is 6.54 Å². The summed E-state index contributed by atoms with van der Waals surface area (Å²) in [5.41, 5.74) is 3.02. The lowest BCUT2D eigenvalue weighted by Gasteiger charge is -2.20. The standard InChI is InChI=1S/C17H19BrFN/c1-3-20-17(11-13-5-7-14(18)8-6-13)15-10-12(2)4-9-16(15)19/h4-10,17,20H,3,11H2,1-2H3. The first-order valence-electron chi connectivity index (χ1n) is 6.84. The number of likely N-dealkylation sites (N-methyl/N-ethyl adjacent to an activating group) is 1. The van der Waals surface area contributed by atoms with Gasteiger partial charge < -0.3 is 5.32 Å². The zero-order chi connectivity index (χ0) is 14.5. The van der Waals surface area contributed by atoms with Crippen LogP contribution in [-0.4, -0.2) is 6.54 Å². The van der Waals surface area contributed by atoms with Crippen LogP contribution in [-0.2, 0) is 6.42 Å². The van der Waals surface area contributed by atoms with Crippen molar-refractivity contribution in [2.24, 2.45) is 0 Å². The molecule has 2 aromatic rings. The van der Waals surface area contributed by atoms with E-state index in [1.54, 1.807) is 6.07 Å². The smallest absolute Gasteiger partial charge is 0.128 e. The molecule has 1 atom stereocenters. The van der Waals surface area contributed by atoms with E-state index in [2.05, 4.69) is 33.4 Å². The summed E-state index contributed by atoms with van der Waals surface area (Å²) in [7, 11) is 0. The summed E-state index contributed by atoms with van der Waals surface area (Å²) in [6.45, 7) is 4.85. The van der Waals surface area contributed by atoms with Crippen LogP contribution in [0.4, 0.5) is 4.39 Å². The second-order valence-electron chi connectivity index (χ2n) is 4.97. The third-order valence-electron chi connectivity index (χ3n) is 3.33. The third-order valence-corrected chi connectivity index (χ3v) is 3.86. The molecule has 0 saturated carbocycles. The molecule has 0 aromatic heterocycles. The average Bonchev–Trinajstić information content (AvgIpc) is 2.43. The summed E-state index contributed by atoms with van der Waals surface area (Å²) in [5, 5.41) is 3.38. The number of halogens is 2. The molecule has 2 aromatic carbocycles. The van der Waals surface area contributed by atoms with Gasteiger partial charge in [0, 0.05) is 16.1 Å². The molecule has 1 N–H and O–H groups in total. The minimum atomic E-state index is -0.140. The zero-order valence-corrected chi connectivity index (χ0v) is 13.4. The molecule has 1 unspecified atom stereocenters.